The van der Waals surface area contributed by atoms with Crippen LogP contribution in [-0.4, -0.2) is 65.6 Å². The van der Waals surface area contributed by atoms with Gasteiger partial charge >= 0.3 is 0 Å². The van der Waals surface area contributed by atoms with Crippen molar-refractivity contribution < 1.29 is 21.6 Å². The molecule has 0 saturated carbocycles. The summed E-state index contributed by atoms with van der Waals surface area (Å²) in [6.07, 6.45) is 1.69. The molecule has 0 aliphatic rings. The Bertz CT molecular complexity index is 1180. The van der Waals surface area contributed by atoms with Crippen LogP contribution in [0.15, 0.2) is 52.3 Å². The molecule has 0 spiro atoms. The Labute approximate surface area is 196 Å². The van der Waals surface area contributed by atoms with Crippen LogP contribution in [0.5, 0.6) is 0 Å². The molecular formula is C22H32N4O5S2. The van der Waals surface area contributed by atoms with Crippen LogP contribution in [0.25, 0.3) is 0 Å². The van der Waals surface area contributed by atoms with E-state index in [4.69, 9.17) is 0 Å². The molecule has 2 aromatic carbocycles. The van der Waals surface area contributed by atoms with Crippen LogP contribution in [0.1, 0.15) is 25.3 Å². The van der Waals surface area contributed by atoms with Gasteiger partial charge in [-0.25, -0.2) is 25.4 Å². The Kier molecular flexibility index (Phi) is 9.01. The van der Waals surface area contributed by atoms with Gasteiger partial charge in [-0.2, -0.15) is 0 Å². The number of carbonyl (C=O) groups is 1. The predicted octanol–water partition coefficient (Wildman–Crippen LogP) is 2.72. The van der Waals surface area contributed by atoms with Crippen molar-refractivity contribution in [3.05, 3.63) is 48.0 Å². The van der Waals surface area contributed by atoms with Crippen LogP contribution in [0, 0.1) is 6.92 Å². The molecule has 0 aromatic heterocycles. The quantitative estimate of drug-likeness (QED) is 0.494. The van der Waals surface area contributed by atoms with Crippen LogP contribution >= 0.6 is 0 Å². The van der Waals surface area contributed by atoms with E-state index in [1.165, 1.54) is 36.6 Å². The third-order valence-corrected chi connectivity index (χ3v) is 8.90. The van der Waals surface area contributed by atoms with Gasteiger partial charge in [-0.3, -0.25) is 4.79 Å². The lowest BCUT2D eigenvalue weighted by atomic mass is 10.2. The zero-order chi connectivity index (χ0) is 24.8. The first-order valence-electron chi connectivity index (χ1n) is 10.5. The number of benzene rings is 2. The molecule has 33 heavy (non-hydrogen) atoms. The minimum absolute atomic E-state index is 0.0772. The molecule has 0 atom stereocenters. The smallest absolute Gasteiger partial charge is 0.243 e. The molecule has 9 nitrogen and oxygen atoms in total. The molecule has 2 aromatic rings. The third-order valence-electron chi connectivity index (χ3n) is 5.07. The molecule has 11 heteroatoms. The van der Waals surface area contributed by atoms with Gasteiger partial charge in [0.25, 0.3) is 0 Å². The average Bonchev–Trinajstić information content (AvgIpc) is 2.77. The maximum Gasteiger partial charge on any atom is 0.243 e. The Morgan fingerprint density at radius 1 is 0.909 bits per heavy atom. The number of hydrogen-bond donors (Lipinski definition) is 2. The number of rotatable bonds is 11. The van der Waals surface area contributed by atoms with E-state index in [0.29, 0.717) is 23.5 Å². The number of anilines is 2. The molecule has 0 radical (unpaired) electrons. The highest BCUT2D eigenvalue weighted by Crippen LogP contribution is 2.22. The second-order valence-electron chi connectivity index (χ2n) is 7.87. The summed E-state index contributed by atoms with van der Waals surface area (Å²) in [6, 6.07) is 10.9. The standard InChI is InChI=1S/C22H32N4O5S2/c1-6-7-14-26(5)32(28,29)20-12-10-18(11-13-20)23-16-22(27)24-19-9-8-17(2)21(15-19)33(30,31)25(3)4/h8-13,15,23H,6-7,14,16H2,1-5H3,(H,24,27). The number of amides is 1. The van der Waals surface area contributed by atoms with E-state index < -0.39 is 20.0 Å². The number of aryl methyl sites for hydroxylation is 1. The van der Waals surface area contributed by atoms with Gasteiger partial charge < -0.3 is 10.6 Å². The number of sulfonamides is 2. The summed E-state index contributed by atoms with van der Waals surface area (Å²) >= 11 is 0. The maximum absolute atomic E-state index is 12.6. The summed E-state index contributed by atoms with van der Waals surface area (Å²) in [5, 5.41) is 5.61. The average molecular weight is 497 g/mol. The summed E-state index contributed by atoms with van der Waals surface area (Å²) in [4.78, 5) is 12.7. The SMILES string of the molecule is CCCCN(C)S(=O)(=O)c1ccc(NCC(=O)Nc2ccc(C)c(S(=O)(=O)N(C)C)c2)cc1. The molecule has 0 unspecified atom stereocenters. The molecule has 0 saturated heterocycles. The van der Waals surface area contributed by atoms with Gasteiger partial charge in [-0.15, -0.1) is 0 Å². The van der Waals surface area contributed by atoms with Gasteiger partial charge in [-0.1, -0.05) is 19.4 Å². The van der Waals surface area contributed by atoms with Gasteiger partial charge in [0.1, 0.15) is 0 Å². The highest BCUT2D eigenvalue weighted by atomic mass is 32.2. The molecular weight excluding hydrogens is 464 g/mol. The molecule has 2 rings (SSSR count). The summed E-state index contributed by atoms with van der Waals surface area (Å²) in [5.74, 6) is -0.372. The number of nitrogens with zero attached hydrogens (tertiary/aromatic N) is 2. The lowest BCUT2D eigenvalue weighted by molar-refractivity contribution is -0.114. The second kappa shape index (κ2) is 11.1. The van der Waals surface area contributed by atoms with Gasteiger partial charge in [0, 0.05) is 39.1 Å². The van der Waals surface area contributed by atoms with E-state index >= 15 is 0 Å². The van der Waals surface area contributed by atoms with Crippen LogP contribution < -0.4 is 10.6 Å². The minimum atomic E-state index is -3.64. The van der Waals surface area contributed by atoms with Crippen LogP contribution in [0.2, 0.25) is 0 Å². The maximum atomic E-state index is 12.6. The number of unbranched alkanes of at least 4 members (excludes halogenated alkanes) is 1. The van der Waals surface area contributed by atoms with Crippen LogP contribution in [0.4, 0.5) is 11.4 Å². The minimum Gasteiger partial charge on any atom is -0.376 e. The zero-order valence-electron chi connectivity index (χ0n) is 19.6. The summed E-state index contributed by atoms with van der Waals surface area (Å²) in [7, 11) is -2.73. The molecule has 0 heterocycles. The fourth-order valence-electron chi connectivity index (χ4n) is 2.97. The Balaban J connectivity index is 2.02. The van der Waals surface area contributed by atoms with Crippen molar-refractivity contribution in [1.29, 1.82) is 0 Å². The van der Waals surface area contributed by atoms with Crippen molar-refractivity contribution in [2.24, 2.45) is 0 Å². The van der Waals surface area contributed by atoms with Crippen molar-refractivity contribution in [3.63, 3.8) is 0 Å². The summed E-state index contributed by atoms with van der Waals surface area (Å²) in [5.41, 5.74) is 1.53. The van der Waals surface area contributed by atoms with Crippen molar-refractivity contribution in [1.82, 2.24) is 8.61 Å². The van der Waals surface area contributed by atoms with Crippen molar-refractivity contribution in [2.45, 2.75) is 36.5 Å². The van der Waals surface area contributed by atoms with Crippen LogP contribution in [-0.2, 0) is 24.8 Å². The van der Waals surface area contributed by atoms with Crippen molar-refractivity contribution in [2.75, 3.05) is 44.9 Å². The Morgan fingerprint density at radius 2 is 1.52 bits per heavy atom. The third kappa shape index (κ3) is 6.76. The molecule has 2 N–H and O–H groups in total. The molecule has 0 aliphatic carbocycles. The van der Waals surface area contributed by atoms with Crippen molar-refractivity contribution >= 4 is 37.3 Å². The summed E-state index contributed by atoms with van der Waals surface area (Å²) < 4.78 is 52.5. The van der Waals surface area contributed by atoms with Gasteiger partial charge in [0.05, 0.1) is 16.3 Å². The van der Waals surface area contributed by atoms with E-state index in [1.807, 2.05) is 6.92 Å². The van der Waals surface area contributed by atoms with E-state index in [-0.39, 0.29) is 22.2 Å². The Morgan fingerprint density at radius 3 is 2.09 bits per heavy atom. The summed E-state index contributed by atoms with van der Waals surface area (Å²) in [6.45, 7) is 4.07. The normalized spacial score (nSPS) is 12.2. The van der Waals surface area contributed by atoms with Gasteiger partial charge in [0.2, 0.25) is 26.0 Å². The fraction of sp³-hybridized carbons (Fsp3) is 0.409. The highest BCUT2D eigenvalue weighted by molar-refractivity contribution is 7.89. The monoisotopic (exact) mass is 496 g/mol. The predicted molar refractivity (Wildman–Crippen MR) is 130 cm³/mol. The number of nitrogens with one attached hydrogen (secondary N) is 2. The molecule has 0 bridgehead atoms. The molecule has 0 aliphatic heterocycles. The first-order valence-corrected chi connectivity index (χ1v) is 13.4. The van der Waals surface area contributed by atoms with E-state index in [0.717, 1.165) is 17.1 Å². The number of hydrogen-bond acceptors (Lipinski definition) is 6. The fourth-order valence-corrected chi connectivity index (χ4v) is 5.32. The molecule has 1 amide bonds. The first-order chi connectivity index (χ1) is 15.4. The van der Waals surface area contributed by atoms with E-state index in [1.54, 1.807) is 38.2 Å². The topological polar surface area (TPSA) is 116 Å². The Hall–Kier alpha value is -2.47. The molecule has 182 valence electrons. The second-order valence-corrected chi connectivity index (χ2v) is 12.0. The van der Waals surface area contributed by atoms with E-state index in [2.05, 4.69) is 10.6 Å². The lowest BCUT2D eigenvalue weighted by Crippen LogP contribution is -2.28. The van der Waals surface area contributed by atoms with E-state index in [9.17, 15) is 21.6 Å². The van der Waals surface area contributed by atoms with Gasteiger partial charge in [0.15, 0.2) is 0 Å². The first kappa shape index (κ1) is 26.8. The zero-order valence-corrected chi connectivity index (χ0v) is 21.3. The van der Waals surface area contributed by atoms with Crippen molar-refractivity contribution in [3.8, 4) is 0 Å². The lowest BCUT2D eigenvalue weighted by Gasteiger charge is -2.17. The largest absolute Gasteiger partial charge is 0.376 e. The highest BCUT2D eigenvalue weighted by Gasteiger charge is 2.21. The molecule has 0 fully saturated rings. The van der Waals surface area contributed by atoms with Crippen LogP contribution in [0.3, 0.4) is 0 Å². The van der Waals surface area contributed by atoms with Gasteiger partial charge in [-0.05, 0) is 55.3 Å². The number of carbonyl (C=O) groups excluding carboxylic acids is 1.